The maximum atomic E-state index is 12.3. The van der Waals surface area contributed by atoms with Gasteiger partial charge in [0.15, 0.2) is 18.2 Å². The summed E-state index contributed by atoms with van der Waals surface area (Å²) in [6.07, 6.45) is 0.0426. The van der Waals surface area contributed by atoms with Crippen molar-refractivity contribution >= 4 is 56.4 Å². The highest BCUT2D eigenvalue weighted by molar-refractivity contribution is 7.20. The van der Waals surface area contributed by atoms with Gasteiger partial charge in [0.2, 0.25) is 0 Å². The number of hydrogen-bond acceptors (Lipinski definition) is 10. The molecule has 0 atom stereocenters. The van der Waals surface area contributed by atoms with Gasteiger partial charge in [0.25, 0.3) is 0 Å². The predicted molar refractivity (Wildman–Crippen MR) is 120 cm³/mol. The summed E-state index contributed by atoms with van der Waals surface area (Å²) in [7, 11) is 0. The fourth-order valence-electron chi connectivity index (χ4n) is 3.15. The minimum Gasteiger partial charge on any atom is -0.462 e. The van der Waals surface area contributed by atoms with E-state index in [1.807, 2.05) is 19.9 Å². The Morgan fingerprint density at radius 1 is 1.06 bits per heavy atom. The Bertz CT molecular complexity index is 1170. The summed E-state index contributed by atoms with van der Waals surface area (Å²) in [6, 6.07) is 1.84. The highest BCUT2D eigenvalue weighted by Gasteiger charge is 2.21. The summed E-state index contributed by atoms with van der Waals surface area (Å²) >= 11 is 2.72. The van der Waals surface area contributed by atoms with E-state index in [1.54, 1.807) is 25.2 Å². The molecule has 0 aliphatic carbocycles. The van der Waals surface area contributed by atoms with Crippen LogP contribution in [0.5, 0.6) is 0 Å². The second-order valence-corrected chi connectivity index (χ2v) is 9.35. The minimum absolute atomic E-state index is 0.0317. The lowest BCUT2D eigenvalue weighted by Crippen LogP contribution is -2.10. The smallest absolute Gasteiger partial charge is 0.348 e. The molecule has 0 saturated carbocycles. The van der Waals surface area contributed by atoms with Crippen LogP contribution in [0.25, 0.3) is 10.2 Å². The van der Waals surface area contributed by atoms with Crippen molar-refractivity contribution in [3.8, 4) is 0 Å². The molecule has 31 heavy (non-hydrogen) atoms. The summed E-state index contributed by atoms with van der Waals surface area (Å²) in [4.78, 5) is 48.0. The number of fused-ring (bicyclic) bond motifs is 1. The number of carbonyl (C=O) groups excluding carboxylic acids is 3. The number of nitrogen functional groups attached to an aromatic ring is 1. The third kappa shape index (κ3) is 5.08. The van der Waals surface area contributed by atoms with Crippen LogP contribution in [0.4, 0.5) is 5.82 Å². The van der Waals surface area contributed by atoms with Crippen LogP contribution < -0.4 is 5.73 Å². The Hall–Kier alpha value is -2.85. The van der Waals surface area contributed by atoms with Crippen LogP contribution in [0.3, 0.4) is 0 Å². The normalized spacial score (nSPS) is 11.0. The van der Waals surface area contributed by atoms with Gasteiger partial charge >= 0.3 is 11.9 Å². The number of rotatable bonds is 8. The van der Waals surface area contributed by atoms with Crippen LogP contribution in [0.15, 0.2) is 6.07 Å². The molecule has 0 bridgehead atoms. The van der Waals surface area contributed by atoms with Gasteiger partial charge in [-0.15, -0.1) is 22.7 Å². The van der Waals surface area contributed by atoms with Crippen molar-refractivity contribution in [2.24, 2.45) is 0 Å². The van der Waals surface area contributed by atoms with Crippen molar-refractivity contribution in [3.05, 3.63) is 37.6 Å². The van der Waals surface area contributed by atoms with E-state index in [1.165, 1.54) is 0 Å². The van der Waals surface area contributed by atoms with Crippen molar-refractivity contribution in [2.45, 2.75) is 47.1 Å². The lowest BCUT2D eigenvalue weighted by atomic mass is 10.1. The number of nitrogens with two attached hydrogens (primary N) is 1. The second-order valence-electron chi connectivity index (χ2n) is 6.89. The molecular formula is C21H23N3O5S2. The number of aromatic nitrogens is 2. The maximum Gasteiger partial charge on any atom is 0.348 e. The number of Topliss-reactive ketones (excluding diaryl/α,β-unsaturated/α-hetero) is 1. The quantitative estimate of drug-likeness (QED) is 0.392. The van der Waals surface area contributed by atoms with Crippen LogP contribution in [-0.2, 0) is 20.9 Å². The van der Waals surface area contributed by atoms with Gasteiger partial charge in [-0.3, -0.25) is 9.59 Å². The molecule has 0 aliphatic rings. The van der Waals surface area contributed by atoms with Crippen LogP contribution in [0.1, 0.15) is 60.9 Å². The number of ketones is 1. The second kappa shape index (κ2) is 9.52. The molecule has 0 amide bonds. The van der Waals surface area contributed by atoms with E-state index in [9.17, 15) is 14.4 Å². The van der Waals surface area contributed by atoms with Gasteiger partial charge in [0.05, 0.1) is 18.4 Å². The van der Waals surface area contributed by atoms with Crippen molar-refractivity contribution in [2.75, 3.05) is 12.3 Å². The van der Waals surface area contributed by atoms with Gasteiger partial charge in [-0.05, 0) is 39.3 Å². The van der Waals surface area contributed by atoms with E-state index >= 15 is 0 Å². The summed E-state index contributed by atoms with van der Waals surface area (Å²) in [6.45, 7) is 7.42. The van der Waals surface area contributed by atoms with Gasteiger partial charge in [-0.25, -0.2) is 14.8 Å². The fraction of sp³-hybridized carbons (Fsp3) is 0.381. The first-order valence-corrected chi connectivity index (χ1v) is 11.3. The molecule has 0 aliphatic heterocycles. The van der Waals surface area contributed by atoms with Gasteiger partial charge in [-0.2, -0.15) is 0 Å². The van der Waals surface area contributed by atoms with Crippen molar-refractivity contribution < 1.29 is 23.9 Å². The number of hydrogen-bond donors (Lipinski definition) is 1. The monoisotopic (exact) mass is 461 g/mol. The average molecular weight is 462 g/mol. The third-order valence-electron chi connectivity index (χ3n) is 4.59. The van der Waals surface area contributed by atoms with E-state index in [-0.39, 0.29) is 43.5 Å². The number of thiophene rings is 2. The van der Waals surface area contributed by atoms with Gasteiger partial charge < -0.3 is 15.2 Å². The Balaban J connectivity index is 1.64. The molecule has 0 aromatic carbocycles. The van der Waals surface area contributed by atoms with E-state index in [4.69, 9.17) is 15.2 Å². The Kier molecular flexibility index (Phi) is 7.01. The fourth-order valence-corrected chi connectivity index (χ4v) is 5.19. The van der Waals surface area contributed by atoms with Gasteiger partial charge in [0, 0.05) is 21.7 Å². The lowest BCUT2D eigenvalue weighted by Gasteiger charge is -2.05. The van der Waals surface area contributed by atoms with Crippen molar-refractivity contribution in [1.82, 2.24) is 9.97 Å². The topological polar surface area (TPSA) is 121 Å². The van der Waals surface area contributed by atoms with Crippen LogP contribution >= 0.6 is 22.7 Å². The van der Waals surface area contributed by atoms with Gasteiger partial charge in [0.1, 0.15) is 15.5 Å². The third-order valence-corrected chi connectivity index (χ3v) is 6.72. The van der Waals surface area contributed by atoms with E-state index in [2.05, 4.69) is 9.97 Å². The molecule has 0 saturated heterocycles. The number of carbonyl (C=O) groups is 3. The molecule has 0 unspecified atom stereocenters. The Morgan fingerprint density at radius 3 is 2.45 bits per heavy atom. The van der Waals surface area contributed by atoms with E-state index in [0.29, 0.717) is 26.2 Å². The molecule has 0 spiro atoms. The van der Waals surface area contributed by atoms with E-state index < -0.39 is 11.9 Å². The Morgan fingerprint density at radius 2 is 1.81 bits per heavy atom. The molecule has 3 rings (SSSR count). The van der Waals surface area contributed by atoms with Crippen LogP contribution in [0, 0.1) is 20.8 Å². The zero-order valence-electron chi connectivity index (χ0n) is 17.7. The molecule has 2 N–H and O–H groups in total. The highest BCUT2D eigenvalue weighted by Crippen LogP contribution is 2.33. The standard InChI is InChI=1S/C21H23N3O5S2/c1-5-28-21(27)18-11(3)17-19(22)23-15(24-20(17)31-18)9-29-16(26)7-6-14(25)13-8-10(2)30-12(13)4/h8H,5-7,9H2,1-4H3,(H2,22,23,24). The van der Waals surface area contributed by atoms with Gasteiger partial charge in [-0.1, -0.05) is 0 Å². The minimum atomic E-state index is -0.519. The maximum absolute atomic E-state index is 12.3. The van der Waals surface area contributed by atoms with E-state index in [0.717, 1.165) is 21.1 Å². The van der Waals surface area contributed by atoms with Crippen LogP contribution in [0.2, 0.25) is 0 Å². The Labute approximate surface area is 187 Å². The van der Waals surface area contributed by atoms with Crippen molar-refractivity contribution in [3.63, 3.8) is 0 Å². The first-order chi connectivity index (χ1) is 14.7. The molecule has 8 nitrogen and oxygen atoms in total. The zero-order valence-corrected chi connectivity index (χ0v) is 19.4. The average Bonchev–Trinajstić information content (AvgIpc) is 3.23. The molecular weight excluding hydrogens is 438 g/mol. The lowest BCUT2D eigenvalue weighted by molar-refractivity contribution is -0.145. The number of anilines is 1. The molecule has 0 radical (unpaired) electrons. The van der Waals surface area contributed by atoms with Crippen molar-refractivity contribution in [1.29, 1.82) is 0 Å². The molecule has 0 fully saturated rings. The largest absolute Gasteiger partial charge is 0.462 e. The molecule has 164 valence electrons. The first-order valence-electron chi connectivity index (χ1n) is 9.69. The number of aryl methyl sites for hydroxylation is 3. The summed E-state index contributed by atoms with van der Waals surface area (Å²) in [5.41, 5.74) is 7.37. The zero-order chi connectivity index (χ0) is 22.7. The molecule has 10 heteroatoms. The predicted octanol–water partition coefficient (Wildman–Crippen LogP) is 4.14. The highest BCUT2D eigenvalue weighted by atomic mass is 32.1. The van der Waals surface area contributed by atoms with Crippen LogP contribution in [-0.4, -0.2) is 34.3 Å². The summed E-state index contributed by atoms with van der Waals surface area (Å²) in [5, 5.41) is 0.593. The molecule has 3 aromatic heterocycles. The summed E-state index contributed by atoms with van der Waals surface area (Å²) in [5.74, 6) is -0.600. The first kappa shape index (κ1) is 22.8. The molecule has 3 aromatic rings. The molecule has 3 heterocycles. The number of nitrogens with zero attached hydrogens (tertiary/aromatic N) is 2. The SMILES string of the molecule is CCOC(=O)c1sc2nc(COC(=O)CCC(=O)c3cc(C)sc3C)nc(N)c2c1C. The number of esters is 2. The number of ether oxygens (including phenoxy) is 2. The summed E-state index contributed by atoms with van der Waals surface area (Å²) < 4.78 is 10.3.